The third-order valence-corrected chi connectivity index (χ3v) is 0. The molecule has 0 rings (SSSR count). The minimum atomic E-state index is 0. The van der Waals surface area contributed by atoms with E-state index in [1.54, 1.807) is 0 Å². The average molecular weight is 627 g/mol. The second-order valence-corrected chi connectivity index (χ2v) is 0. The first-order valence-corrected chi connectivity index (χ1v) is 0. The third-order valence-electron chi connectivity index (χ3n) is 0. The number of hydrogen-bond acceptors (Lipinski definition) is 0. The Morgan fingerprint density at radius 2 is 0.429 bits per heavy atom. The Labute approximate surface area is 163 Å². The van der Waals surface area contributed by atoms with Gasteiger partial charge in [-0.15, -0.1) is 0 Å². The molecule has 0 aromatic carbocycles. The average Bonchev–Trinajstić information content (AvgIpc) is 0. The molecule has 4 radical (unpaired) electrons. The van der Waals surface area contributed by atoms with Crippen LogP contribution in [0.25, 0.3) is 0 Å². The normalized spacial score (nSPS) is 0. The Balaban J connectivity index is 0. The smallest absolute Gasteiger partial charge is 2.00 e. The molecule has 0 aliphatic carbocycles. The molecule has 0 amide bonds. The van der Waals surface area contributed by atoms with Gasteiger partial charge in [-0.3, -0.25) is 0 Å². The first kappa shape index (κ1) is 58.5. The molecule has 0 aliphatic heterocycles. The maximum absolute atomic E-state index is 0. The second kappa shape index (κ2) is 44.3. The summed E-state index contributed by atoms with van der Waals surface area (Å²) in [7, 11) is 0. The van der Waals surface area contributed by atoms with Crippen molar-refractivity contribution in [2.24, 2.45) is 0 Å². The van der Waals surface area contributed by atoms with Crippen LogP contribution in [0, 0.1) is 152 Å². The van der Waals surface area contributed by atoms with E-state index in [0.717, 1.165) is 0 Å². The van der Waals surface area contributed by atoms with Gasteiger partial charge >= 0.3 is 80.8 Å². The van der Waals surface area contributed by atoms with Crippen LogP contribution in [0.3, 0.4) is 0 Å². The van der Waals surface area contributed by atoms with Gasteiger partial charge in [0.1, 0.15) is 0 Å². The van der Waals surface area contributed by atoms with Gasteiger partial charge in [0.15, 0.2) is 0 Å². The van der Waals surface area contributed by atoms with Gasteiger partial charge in [0.05, 0.1) is 0 Å². The van der Waals surface area contributed by atoms with Crippen molar-refractivity contribution in [1.29, 1.82) is 0 Å². The van der Waals surface area contributed by atoms with Crippen molar-refractivity contribution in [2.45, 2.75) is 0 Å². The summed E-state index contributed by atoms with van der Waals surface area (Å²) in [5, 5.41) is 0. The molecule has 0 heterocycles. The molecule has 0 aromatic rings. The van der Waals surface area contributed by atoms with Gasteiger partial charge in [-0.05, 0) is 0 Å². The van der Waals surface area contributed by atoms with Gasteiger partial charge in [-0.2, -0.15) is 0 Å². The molecule has 7 heavy (non-hydrogen) atoms. The molecule has 0 saturated carbocycles. The van der Waals surface area contributed by atoms with Crippen LogP contribution in [0.4, 0.5) is 0 Å². The Morgan fingerprint density at radius 3 is 0.429 bits per heavy atom. The van der Waals surface area contributed by atoms with Crippen LogP contribution in [0.15, 0.2) is 0 Å². The Kier molecular flexibility index (Phi) is 370. The Bertz CT molecular complexity index is 10.9. The van der Waals surface area contributed by atoms with E-state index in [9.17, 15) is 0 Å². The van der Waals surface area contributed by atoms with Crippen molar-refractivity contribution >= 4 is 0 Å². The van der Waals surface area contributed by atoms with Gasteiger partial charge in [0, 0.05) is 71.2 Å². The van der Waals surface area contributed by atoms with E-state index < -0.39 is 0 Å². The van der Waals surface area contributed by atoms with Crippen LogP contribution in [-0.4, -0.2) is 0 Å². The molecule has 0 N–H and O–H groups in total. The summed E-state index contributed by atoms with van der Waals surface area (Å²) in [6, 6.07) is 0. The van der Waals surface area contributed by atoms with Crippen LogP contribution in [0.2, 0.25) is 0 Å². The van der Waals surface area contributed by atoms with Gasteiger partial charge in [0.2, 0.25) is 0 Å². The largest absolute Gasteiger partial charge is 3.00 e. The van der Waals surface area contributed by atoms with E-state index >= 15 is 0 Å². The molecule has 0 fully saturated rings. The zero-order valence-corrected chi connectivity index (χ0v) is 15.7. The molecule has 36 valence electrons. The topological polar surface area (TPSA) is 85.5 Å². The number of rotatable bonds is 0. The third kappa shape index (κ3) is 35.8. The van der Waals surface area contributed by atoms with Crippen molar-refractivity contribution < 1.29 is 168 Å². The van der Waals surface area contributed by atoms with Crippen LogP contribution in [0.1, 0.15) is 0 Å². The molecular formula is La2O3Sm2. The number of hydrogen-bond donors (Lipinski definition) is 0. The molecule has 3 nitrogen and oxygen atoms in total. The summed E-state index contributed by atoms with van der Waals surface area (Å²) < 4.78 is 0. The van der Waals surface area contributed by atoms with E-state index in [-0.39, 0.29) is 168 Å². The van der Waals surface area contributed by atoms with E-state index in [1.807, 2.05) is 0 Å². The van der Waals surface area contributed by atoms with E-state index in [0.29, 0.717) is 0 Å². The minimum Gasteiger partial charge on any atom is -2.00 e. The van der Waals surface area contributed by atoms with E-state index in [2.05, 4.69) is 0 Å². The van der Waals surface area contributed by atoms with Gasteiger partial charge in [-0.1, -0.05) is 0 Å². The first-order valence-electron chi connectivity index (χ1n) is 0. The fourth-order valence-electron chi connectivity index (χ4n) is 0. The summed E-state index contributed by atoms with van der Waals surface area (Å²) in [5.74, 6) is 0. The van der Waals surface area contributed by atoms with Crippen LogP contribution in [0.5, 0.6) is 0 Å². The fourth-order valence-corrected chi connectivity index (χ4v) is 0. The predicted octanol–water partition coefficient (Wildman–Crippen LogP) is -0.356. The fraction of sp³-hybridized carbons (Fsp3) is 0. The Morgan fingerprint density at radius 1 is 0.429 bits per heavy atom. The minimum absolute atomic E-state index is 0. The van der Waals surface area contributed by atoms with Crippen LogP contribution >= 0.6 is 0 Å². The molecule has 0 atom stereocenters. The van der Waals surface area contributed by atoms with E-state index in [4.69, 9.17) is 0 Å². The summed E-state index contributed by atoms with van der Waals surface area (Å²) in [4.78, 5) is 0. The maximum atomic E-state index is 0. The van der Waals surface area contributed by atoms with Crippen molar-refractivity contribution in [1.82, 2.24) is 0 Å². The molecule has 0 spiro atoms. The van der Waals surface area contributed by atoms with Gasteiger partial charge < -0.3 is 16.4 Å². The van der Waals surface area contributed by atoms with E-state index in [1.165, 1.54) is 0 Å². The predicted molar refractivity (Wildman–Crippen MR) is 2.06 cm³/mol. The zero-order chi connectivity index (χ0) is 0. The molecule has 0 aromatic heterocycles. The summed E-state index contributed by atoms with van der Waals surface area (Å²) >= 11 is 0. The van der Waals surface area contributed by atoms with Crippen molar-refractivity contribution in [3.05, 3.63) is 0 Å². The molecule has 0 aliphatic rings. The van der Waals surface area contributed by atoms with Crippen molar-refractivity contribution in [3.63, 3.8) is 0 Å². The molecule has 7 heteroatoms. The zero-order valence-electron chi connectivity index (χ0n) is 3.20. The molecule has 0 saturated heterocycles. The Hall–Kier alpha value is 4.94. The molecule has 0 unspecified atom stereocenters. The second-order valence-electron chi connectivity index (χ2n) is 0. The van der Waals surface area contributed by atoms with Crippen molar-refractivity contribution in [2.75, 3.05) is 0 Å². The van der Waals surface area contributed by atoms with Crippen LogP contribution in [-0.2, 0) is 16.4 Å². The van der Waals surface area contributed by atoms with Crippen LogP contribution < -0.4 is 0 Å². The first-order chi connectivity index (χ1) is 0. The van der Waals surface area contributed by atoms with Gasteiger partial charge in [-0.25, -0.2) is 0 Å². The summed E-state index contributed by atoms with van der Waals surface area (Å²) in [6.07, 6.45) is 0. The quantitative estimate of drug-likeness (QED) is 0.352. The standard InChI is InChI=1S/2La.3O.2Sm/q;;3*-2;2*+3. The SMILES string of the molecule is [La].[La].[O-2].[O-2].[O-2].[Sm+3].[Sm+3]. The monoisotopic (exact) mass is 630 g/mol. The molecule has 0 bridgehead atoms. The maximum Gasteiger partial charge on any atom is 3.00 e. The molecular weight excluding hydrogens is 627 g/mol. The van der Waals surface area contributed by atoms with Crippen molar-refractivity contribution in [3.8, 4) is 0 Å². The summed E-state index contributed by atoms with van der Waals surface area (Å²) in [5.41, 5.74) is 0. The summed E-state index contributed by atoms with van der Waals surface area (Å²) in [6.45, 7) is 0. The van der Waals surface area contributed by atoms with Gasteiger partial charge in [0.25, 0.3) is 0 Å².